The molecule has 1 fully saturated rings. The van der Waals surface area contributed by atoms with Crippen LogP contribution < -0.4 is 10.4 Å². The van der Waals surface area contributed by atoms with E-state index >= 15 is 0 Å². The summed E-state index contributed by atoms with van der Waals surface area (Å²) in [6.07, 6.45) is -6.92. The summed E-state index contributed by atoms with van der Waals surface area (Å²) in [5.74, 6) is 0.227. The van der Waals surface area contributed by atoms with Crippen LogP contribution in [0.2, 0.25) is 0 Å². The van der Waals surface area contributed by atoms with E-state index in [4.69, 9.17) is 13.9 Å². The number of aliphatic hydroxyl groups excluding tert-OH is 4. The van der Waals surface area contributed by atoms with Gasteiger partial charge in [0.1, 0.15) is 35.7 Å². The van der Waals surface area contributed by atoms with Gasteiger partial charge < -0.3 is 34.3 Å². The van der Waals surface area contributed by atoms with Crippen molar-refractivity contribution in [3.63, 3.8) is 0 Å². The lowest BCUT2D eigenvalue weighted by molar-refractivity contribution is -0.277. The number of hydrogen-bond acceptors (Lipinski definition) is 8. The van der Waals surface area contributed by atoms with Crippen LogP contribution in [0.5, 0.6) is 5.75 Å². The molecule has 0 unspecified atom stereocenters. The maximum atomic E-state index is 12.1. The van der Waals surface area contributed by atoms with Gasteiger partial charge in [0.05, 0.1) is 12.0 Å². The van der Waals surface area contributed by atoms with Gasteiger partial charge in [0.15, 0.2) is 0 Å². The van der Waals surface area contributed by atoms with Gasteiger partial charge in [-0.15, -0.1) is 0 Å². The Morgan fingerprint density at radius 3 is 2.41 bits per heavy atom. The number of rotatable bonds is 3. The molecule has 0 amide bonds. The molecule has 0 saturated carbocycles. The van der Waals surface area contributed by atoms with Gasteiger partial charge in [0.2, 0.25) is 6.29 Å². The molecule has 2 heterocycles. The minimum absolute atomic E-state index is 0.227. The molecule has 1 saturated heterocycles. The summed E-state index contributed by atoms with van der Waals surface area (Å²) in [6, 6.07) is 11.9. The molecular formula is C19H18O8. The van der Waals surface area contributed by atoms with Crippen LogP contribution in [0.1, 0.15) is 0 Å². The van der Waals surface area contributed by atoms with Crippen molar-refractivity contribution in [3.05, 3.63) is 52.9 Å². The van der Waals surface area contributed by atoms with Crippen LogP contribution in [0.15, 0.2) is 51.7 Å². The first-order valence-corrected chi connectivity index (χ1v) is 8.42. The van der Waals surface area contributed by atoms with Crippen molar-refractivity contribution in [2.75, 3.05) is 6.61 Å². The Morgan fingerprint density at radius 2 is 1.67 bits per heavy atom. The maximum absolute atomic E-state index is 12.1. The van der Waals surface area contributed by atoms with E-state index in [2.05, 4.69) is 0 Å². The summed E-state index contributed by atoms with van der Waals surface area (Å²) < 4.78 is 16.2. The van der Waals surface area contributed by atoms with Gasteiger partial charge in [-0.05, 0) is 23.6 Å². The van der Waals surface area contributed by atoms with E-state index < -0.39 is 42.9 Å². The maximum Gasteiger partial charge on any atom is 0.344 e. The SMILES string of the molecule is O=c1oc2cc(O[C@@H]3O[C@H](CO)[C@@H](O)[C@H](O)[C@H]3O)ccc2c2ccccc12. The topological polar surface area (TPSA) is 130 Å². The van der Waals surface area contributed by atoms with Crippen LogP contribution in [0, 0.1) is 0 Å². The Labute approximate surface area is 152 Å². The second kappa shape index (κ2) is 6.91. The highest BCUT2D eigenvalue weighted by molar-refractivity contribution is 6.04. The molecule has 0 radical (unpaired) electrons. The summed E-state index contributed by atoms with van der Waals surface area (Å²) in [5, 5.41) is 40.9. The van der Waals surface area contributed by atoms with E-state index in [1.807, 2.05) is 12.1 Å². The van der Waals surface area contributed by atoms with Gasteiger partial charge in [-0.25, -0.2) is 4.79 Å². The fourth-order valence-corrected chi connectivity index (χ4v) is 3.23. The molecule has 4 N–H and O–H groups in total. The van der Waals surface area contributed by atoms with Gasteiger partial charge in [0, 0.05) is 11.5 Å². The predicted molar refractivity (Wildman–Crippen MR) is 94.4 cm³/mol. The van der Waals surface area contributed by atoms with Crippen molar-refractivity contribution in [2.24, 2.45) is 0 Å². The highest BCUT2D eigenvalue weighted by Crippen LogP contribution is 2.29. The van der Waals surface area contributed by atoms with Gasteiger partial charge in [-0.2, -0.15) is 0 Å². The molecule has 1 aliphatic heterocycles. The molecule has 8 heteroatoms. The summed E-state index contributed by atoms with van der Waals surface area (Å²) in [6.45, 7) is -0.552. The van der Waals surface area contributed by atoms with Crippen LogP contribution in [0.25, 0.3) is 21.7 Å². The Bertz CT molecular complexity index is 1030. The quantitative estimate of drug-likeness (QED) is 0.376. The summed E-state index contributed by atoms with van der Waals surface area (Å²) in [7, 11) is 0. The molecule has 2 aromatic carbocycles. The average Bonchev–Trinajstić information content (AvgIpc) is 2.68. The lowest BCUT2D eigenvalue weighted by atomic mass is 9.99. The molecule has 1 aromatic heterocycles. The van der Waals surface area contributed by atoms with E-state index in [0.29, 0.717) is 16.4 Å². The largest absolute Gasteiger partial charge is 0.462 e. The van der Waals surface area contributed by atoms with Crippen molar-refractivity contribution < 1.29 is 34.3 Å². The first-order chi connectivity index (χ1) is 13.0. The lowest BCUT2D eigenvalue weighted by Gasteiger charge is -2.39. The molecule has 3 aromatic rings. The number of benzene rings is 2. The molecule has 5 atom stereocenters. The first kappa shape index (κ1) is 17.9. The van der Waals surface area contributed by atoms with Crippen molar-refractivity contribution in [2.45, 2.75) is 30.7 Å². The van der Waals surface area contributed by atoms with E-state index in [1.165, 1.54) is 6.07 Å². The van der Waals surface area contributed by atoms with Crippen LogP contribution in [-0.4, -0.2) is 57.7 Å². The third kappa shape index (κ3) is 3.07. The van der Waals surface area contributed by atoms with Gasteiger partial charge in [0.25, 0.3) is 0 Å². The van der Waals surface area contributed by atoms with Crippen LogP contribution in [0.4, 0.5) is 0 Å². The molecule has 1 aliphatic rings. The molecule has 8 nitrogen and oxygen atoms in total. The van der Waals surface area contributed by atoms with Crippen molar-refractivity contribution in [3.8, 4) is 5.75 Å². The number of fused-ring (bicyclic) bond motifs is 3. The minimum atomic E-state index is -1.54. The van der Waals surface area contributed by atoms with Crippen molar-refractivity contribution in [1.29, 1.82) is 0 Å². The summed E-state index contributed by atoms with van der Waals surface area (Å²) in [5.41, 5.74) is -0.191. The fourth-order valence-electron chi connectivity index (χ4n) is 3.23. The first-order valence-electron chi connectivity index (χ1n) is 8.42. The normalized spacial score (nSPS) is 28.5. The van der Waals surface area contributed by atoms with Gasteiger partial charge >= 0.3 is 5.63 Å². The fraction of sp³-hybridized carbons (Fsp3) is 0.316. The zero-order valence-electron chi connectivity index (χ0n) is 14.1. The standard InChI is InChI=1S/C19H18O8/c20-8-14-15(21)16(22)17(23)19(27-14)25-9-5-6-11-10-3-1-2-4-12(10)18(24)26-13(11)7-9/h1-7,14-17,19-23H,8H2/t14-,15-,16+,17-,19-/m1/s1. The second-order valence-electron chi connectivity index (χ2n) is 6.41. The third-order valence-corrected chi connectivity index (χ3v) is 4.69. The zero-order chi connectivity index (χ0) is 19.1. The van der Waals surface area contributed by atoms with Crippen LogP contribution >= 0.6 is 0 Å². The van der Waals surface area contributed by atoms with E-state index in [9.17, 15) is 25.2 Å². The minimum Gasteiger partial charge on any atom is -0.462 e. The molecule has 4 rings (SSSR count). The van der Waals surface area contributed by atoms with Crippen LogP contribution in [0.3, 0.4) is 0 Å². The summed E-state index contributed by atoms with van der Waals surface area (Å²) in [4.78, 5) is 12.1. The molecule has 142 valence electrons. The Morgan fingerprint density at radius 1 is 0.926 bits per heavy atom. The Hall–Kier alpha value is -2.49. The third-order valence-electron chi connectivity index (χ3n) is 4.69. The molecular weight excluding hydrogens is 356 g/mol. The van der Waals surface area contributed by atoms with E-state index in [-0.39, 0.29) is 5.75 Å². The van der Waals surface area contributed by atoms with Gasteiger partial charge in [-0.3, -0.25) is 0 Å². The van der Waals surface area contributed by atoms with Crippen molar-refractivity contribution in [1.82, 2.24) is 0 Å². The zero-order valence-corrected chi connectivity index (χ0v) is 14.1. The van der Waals surface area contributed by atoms with E-state index in [1.54, 1.807) is 24.3 Å². The average molecular weight is 374 g/mol. The smallest absolute Gasteiger partial charge is 0.344 e. The predicted octanol–water partition coefficient (Wildman–Crippen LogP) is 0.125. The molecule has 27 heavy (non-hydrogen) atoms. The lowest BCUT2D eigenvalue weighted by Crippen LogP contribution is -2.60. The molecule has 0 spiro atoms. The van der Waals surface area contributed by atoms with Gasteiger partial charge in [-0.1, -0.05) is 18.2 Å². The van der Waals surface area contributed by atoms with E-state index in [0.717, 1.165) is 5.39 Å². The summed E-state index contributed by atoms with van der Waals surface area (Å²) >= 11 is 0. The van der Waals surface area contributed by atoms with Crippen molar-refractivity contribution >= 4 is 21.7 Å². The molecule has 0 bridgehead atoms. The number of ether oxygens (including phenoxy) is 2. The highest BCUT2D eigenvalue weighted by atomic mass is 16.7. The highest BCUT2D eigenvalue weighted by Gasteiger charge is 2.44. The molecule has 0 aliphatic carbocycles. The Balaban J connectivity index is 1.68. The number of hydrogen-bond donors (Lipinski definition) is 4. The number of aliphatic hydroxyl groups is 4. The monoisotopic (exact) mass is 374 g/mol. The Kier molecular flexibility index (Phi) is 4.58. The van der Waals surface area contributed by atoms with Crippen LogP contribution in [-0.2, 0) is 4.74 Å². The second-order valence-corrected chi connectivity index (χ2v) is 6.41.